The van der Waals surface area contributed by atoms with E-state index in [1.807, 2.05) is 0 Å². The first-order valence-electron chi connectivity index (χ1n) is 7.44. The van der Waals surface area contributed by atoms with E-state index in [0.29, 0.717) is 22.9 Å². The standard InChI is InChI=1S/C16H19N3O2S3/c1-10(2)8-22-15-18-19-16(24-15)23-9-14(21)12-4-6-13(7-5-12)17-11(3)20/h4-7,10H,8-9H2,1-3H3,(H,17,20). The Morgan fingerprint density at radius 3 is 2.33 bits per heavy atom. The maximum Gasteiger partial charge on any atom is 0.221 e. The second-order valence-corrected chi connectivity index (χ2v) is 8.98. The fraction of sp³-hybridized carbons (Fsp3) is 0.375. The highest BCUT2D eigenvalue weighted by atomic mass is 32.2. The summed E-state index contributed by atoms with van der Waals surface area (Å²) in [7, 11) is 0. The lowest BCUT2D eigenvalue weighted by Crippen LogP contribution is -2.06. The molecule has 0 fully saturated rings. The van der Waals surface area contributed by atoms with E-state index in [1.165, 1.54) is 30.0 Å². The van der Waals surface area contributed by atoms with Crippen LogP contribution in [0.4, 0.5) is 5.69 Å². The SMILES string of the molecule is CC(=O)Nc1ccc(C(=O)CSc2nnc(SCC(C)C)s2)cc1. The van der Waals surface area contributed by atoms with Crippen molar-refractivity contribution in [1.82, 2.24) is 10.2 Å². The average Bonchev–Trinajstić information content (AvgIpc) is 2.99. The topological polar surface area (TPSA) is 72.0 Å². The first-order chi connectivity index (χ1) is 11.4. The van der Waals surface area contributed by atoms with Gasteiger partial charge in [0.15, 0.2) is 14.5 Å². The molecule has 8 heteroatoms. The molecule has 0 unspecified atom stereocenters. The number of benzene rings is 1. The van der Waals surface area contributed by atoms with E-state index in [1.54, 1.807) is 36.0 Å². The summed E-state index contributed by atoms with van der Waals surface area (Å²) in [5.74, 6) is 1.84. The quantitative estimate of drug-likeness (QED) is 0.545. The highest BCUT2D eigenvalue weighted by molar-refractivity contribution is 8.03. The number of carbonyl (C=O) groups is 2. The molecule has 1 amide bonds. The van der Waals surface area contributed by atoms with Crippen LogP contribution in [0.1, 0.15) is 31.1 Å². The van der Waals surface area contributed by atoms with E-state index in [0.717, 1.165) is 14.4 Å². The minimum Gasteiger partial charge on any atom is -0.326 e. The van der Waals surface area contributed by atoms with Gasteiger partial charge in [-0.3, -0.25) is 9.59 Å². The number of thioether (sulfide) groups is 2. The van der Waals surface area contributed by atoms with Crippen molar-refractivity contribution in [2.24, 2.45) is 5.92 Å². The predicted molar refractivity (Wildman–Crippen MR) is 101 cm³/mol. The summed E-state index contributed by atoms with van der Waals surface area (Å²) in [5.41, 5.74) is 1.30. The second kappa shape index (κ2) is 9.19. The van der Waals surface area contributed by atoms with Crippen molar-refractivity contribution >= 4 is 52.2 Å². The highest BCUT2D eigenvalue weighted by Crippen LogP contribution is 2.30. The Kier molecular flexibility index (Phi) is 7.26. The van der Waals surface area contributed by atoms with Crippen LogP contribution in [0.2, 0.25) is 0 Å². The summed E-state index contributed by atoms with van der Waals surface area (Å²) < 4.78 is 1.75. The molecule has 0 radical (unpaired) electrons. The Morgan fingerprint density at radius 2 is 1.75 bits per heavy atom. The first-order valence-corrected chi connectivity index (χ1v) is 10.2. The van der Waals surface area contributed by atoms with E-state index in [-0.39, 0.29) is 11.7 Å². The summed E-state index contributed by atoms with van der Waals surface area (Å²) in [6.07, 6.45) is 0. The molecule has 1 heterocycles. The van der Waals surface area contributed by atoms with Crippen LogP contribution in [0, 0.1) is 5.92 Å². The van der Waals surface area contributed by atoms with Crippen LogP contribution in [0.15, 0.2) is 32.9 Å². The Morgan fingerprint density at radius 1 is 1.12 bits per heavy atom. The van der Waals surface area contributed by atoms with Crippen molar-refractivity contribution in [3.05, 3.63) is 29.8 Å². The molecule has 1 aromatic carbocycles. The lowest BCUT2D eigenvalue weighted by atomic mass is 10.1. The van der Waals surface area contributed by atoms with Gasteiger partial charge in [-0.1, -0.05) is 48.7 Å². The molecule has 0 aliphatic carbocycles. The number of rotatable bonds is 8. The van der Waals surface area contributed by atoms with Crippen molar-refractivity contribution < 1.29 is 9.59 Å². The van der Waals surface area contributed by atoms with Crippen LogP contribution < -0.4 is 5.32 Å². The molecular formula is C16H19N3O2S3. The minimum absolute atomic E-state index is 0.0287. The van der Waals surface area contributed by atoms with Gasteiger partial charge in [-0.05, 0) is 30.2 Å². The number of hydrogen-bond donors (Lipinski definition) is 1. The Balaban J connectivity index is 1.85. The third kappa shape index (κ3) is 6.26. The Bertz CT molecular complexity index is 699. The molecule has 0 spiro atoms. The first kappa shape index (κ1) is 19.0. The Labute approximate surface area is 154 Å². The molecule has 0 aliphatic heterocycles. The predicted octanol–water partition coefficient (Wildman–Crippen LogP) is 4.22. The fourth-order valence-corrected chi connectivity index (χ4v) is 4.60. The largest absolute Gasteiger partial charge is 0.326 e. The normalized spacial score (nSPS) is 10.8. The summed E-state index contributed by atoms with van der Waals surface area (Å²) in [6.45, 7) is 5.78. The van der Waals surface area contributed by atoms with Gasteiger partial charge in [-0.15, -0.1) is 10.2 Å². The second-order valence-electron chi connectivity index (χ2n) is 5.51. The van der Waals surface area contributed by atoms with Crippen molar-refractivity contribution in [1.29, 1.82) is 0 Å². The van der Waals surface area contributed by atoms with Crippen LogP contribution in [0.5, 0.6) is 0 Å². The molecule has 0 atom stereocenters. The molecule has 0 saturated heterocycles. The third-order valence-corrected chi connectivity index (χ3v) is 6.40. The smallest absolute Gasteiger partial charge is 0.221 e. The van der Waals surface area contributed by atoms with E-state index < -0.39 is 0 Å². The van der Waals surface area contributed by atoms with E-state index in [2.05, 4.69) is 29.4 Å². The number of amides is 1. The molecule has 0 saturated carbocycles. The molecule has 2 aromatic rings. The molecule has 1 aromatic heterocycles. The van der Waals surface area contributed by atoms with Crippen LogP contribution in [0.25, 0.3) is 0 Å². The van der Waals surface area contributed by atoms with Crippen molar-refractivity contribution in [3.8, 4) is 0 Å². The number of carbonyl (C=O) groups excluding carboxylic acids is 2. The van der Waals surface area contributed by atoms with Crippen molar-refractivity contribution in [2.75, 3.05) is 16.8 Å². The van der Waals surface area contributed by atoms with Gasteiger partial charge in [0.2, 0.25) is 5.91 Å². The van der Waals surface area contributed by atoms with Crippen LogP contribution in [-0.2, 0) is 4.79 Å². The monoisotopic (exact) mass is 381 g/mol. The fourth-order valence-electron chi connectivity index (χ4n) is 1.71. The molecule has 0 aliphatic rings. The number of anilines is 1. The maximum absolute atomic E-state index is 12.2. The van der Waals surface area contributed by atoms with Crippen LogP contribution in [-0.4, -0.2) is 33.4 Å². The third-order valence-electron chi connectivity index (χ3n) is 2.78. The number of nitrogens with zero attached hydrogens (tertiary/aromatic N) is 2. The van der Waals surface area contributed by atoms with Gasteiger partial charge < -0.3 is 5.32 Å². The number of Topliss-reactive ketones (excluding diaryl/α,β-unsaturated/α-hetero) is 1. The number of hydrogen-bond acceptors (Lipinski definition) is 7. The zero-order valence-electron chi connectivity index (χ0n) is 13.7. The number of nitrogens with one attached hydrogen (secondary N) is 1. The van der Waals surface area contributed by atoms with Gasteiger partial charge >= 0.3 is 0 Å². The number of aromatic nitrogens is 2. The van der Waals surface area contributed by atoms with Gasteiger partial charge in [0.05, 0.1) is 5.75 Å². The summed E-state index contributed by atoms with van der Waals surface area (Å²) >= 11 is 4.63. The summed E-state index contributed by atoms with van der Waals surface area (Å²) in [4.78, 5) is 23.2. The lowest BCUT2D eigenvalue weighted by Gasteiger charge is -2.03. The van der Waals surface area contributed by atoms with Crippen LogP contribution >= 0.6 is 34.9 Å². The van der Waals surface area contributed by atoms with Gasteiger partial charge in [0.1, 0.15) is 0 Å². The van der Waals surface area contributed by atoms with E-state index in [4.69, 9.17) is 0 Å². The molecule has 5 nitrogen and oxygen atoms in total. The molecule has 128 valence electrons. The Hall–Kier alpha value is -1.38. The van der Waals surface area contributed by atoms with Gasteiger partial charge in [0.25, 0.3) is 0 Å². The average molecular weight is 382 g/mol. The summed E-state index contributed by atoms with van der Waals surface area (Å²) in [6, 6.07) is 6.90. The molecule has 1 N–H and O–H groups in total. The molecule has 2 rings (SSSR count). The maximum atomic E-state index is 12.2. The number of ketones is 1. The zero-order valence-corrected chi connectivity index (χ0v) is 16.2. The van der Waals surface area contributed by atoms with Gasteiger partial charge in [-0.25, -0.2) is 0 Å². The molecule has 24 heavy (non-hydrogen) atoms. The molecular weight excluding hydrogens is 362 g/mol. The van der Waals surface area contributed by atoms with Crippen molar-refractivity contribution in [2.45, 2.75) is 29.5 Å². The van der Waals surface area contributed by atoms with Crippen molar-refractivity contribution in [3.63, 3.8) is 0 Å². The summed E-state index contributed by atoms with van der Waals surface area (Å²) in [5, 5.41) is 10.9. The van der Waals surface area contributed by atoms with Crippen LogP contribution in [0.3, 0.4) is 0 Å². The molecule has 0 bridgehead atoms. The lowest BCUT2D eigenvalue weighted by molar-refractivity contribution is -0.114. The zero-order chi connectivity index (χ0) is 17.5. The van der Waals surface area contributed by atoms with E-state index >= 15 is 0 Å². The van der Waals surface area contributed by atoms with Gasteiger partial charge in [-0.2, -0.15) is 0 Å². The minimum atomic E-state index is -0.132. The van der Waals surface area contributed by atoms with Gasteiger partial charge in [0, 0.05) is 23.9 Å². The highest BCUT2D eigenvalue weighted by Gasteiger charge is 2.11. The van der Waals surface area contributed by atoms with E-state index in [9.17, 15) is 9.59 Å².